The van der Waals surface area contributed by atoms with Crippen molar-refractivity contribution in [3.63, 3.8) is 0 Å². The van der Waals surface area contributed by atoms with E-state index < -0.39 is 0 Å². The monoisotopic (exact) mass is 141 g/mol. The van der Waals surface area contributed by atoms with Gasteiger partial charge in [-0.3, -0.25) is 4.79 Å². The van der Waals surface area contributed by atoms with Crippen LogP contribution in [0.1, 0.15) is 33.6 Å². The van der Waals surface area contributed by atoms with Crippen LogP contribution in [0.15, 0.2) is 0 Å². The standard InChI is InChI=1S/C8H13O2/c1-8(2,3)10-7(9)6-4-5-6/h4-5H2,1-3H3. The predicted octanol–water partition coefficient (Wildman–Crippen LogP) is 1.70. The number of ether oxygens (including phenoxy) is 1. The molecule has 1 saturated carbocycles. The van der Waals surface area contributed by atoms with Crippen molar-refractivity contribution in [2.24, 2.45) is 0 Å². The number of hydrogen-bond donors (Lipinski definition) is 0. The van der Waals surface area contributed by atoms with Crippen molar-refractivity contribution < 1.29 is 9.53 Å². The van der Waals surface area contributed by atoms with Gasteiger partial charge < -0.3 is 4.74 Å². The Morgan fingerprint density at radius 3 is 2.20 bits per heavy atom. The van der Waals surface area contributed by atoms with E-state index in [0.29, 0.717) is 0 Å². The Hall–Kier alpha value is -0.530. The van der Waals surface area contributed by atoms with Gasteiger partial charge in [-0.25, -0.2) is 0 Å². The second-order valence-electron chi connectivity index (χ2n) is 3.61. The molecule has 0 aromatic rings. The summed E-state index contributed by atoms with van der Waals surface area (Å²) >= 11 is 0. The fourth-order valence-corrected chi connectivity index (χ4v) is 0.617. The first-order chi connectivity index (χ1) is 4.49. The molecule has 1 aliphatic carbocycles. The Morgan fingerprint density at radius 1 is 1.40 bits per heavy atom. The summed E-state index contributed by atoms with van der Waals surface area (Å²) in [5, 5.41) is 0. The van der Waals surface area contributed by atoms with Gasteiger partial charge in [0.25, 0.3) is 0 Å². The quantitative estimate of drug-likeness (QED) is 0.519. The molecule has 0 unspecified atom stereocenters. The highest BCUT2D eigenvalue weighted by atomic mass is 16.6. The van der Waals surface area contributed by atoms with E-state index in [4.69, 9.17) is 4.74 Å². The van der Waals surface area contributed by atoms with Gasteiger partial charge in [-0.15, -0.1) is 0 Å². The maximum atomic E-state index is 11.0. The molecule has 2 heteroatoms. The van der Waals surface area contributed by atoms with Crippen LogP contribution in [0.5, 0.6) is 0 Å². The molecule has 1 rings (SSSR count). The molecule has 0 aromatic carbocycles. The molecule has 1 radical (unpaired) electrons. The van der Waals surface area contributed by atoms with Crippen molar-refractivity contribution in [1.82, 2.24) is 0 Å². The Bertz CT molecular complexity index is 140. The average Bonchev–Trinajstić information content (AvgIpc) is 2.35. The summed E-state index contributed by atoms with van der Waals surface area (Å²) < 4.78 is 5.09. The van der Waals surface area contributed by atoms with Crippen molar-refractivity contribution in [2.75, 3.05) is 0 Å². The minimum absolute atomic E-state index is 0.104. The van der Waals surface area contributed by atoms with Crippen LogP contribution in [-0.4, -0.2) is 11.6 Å². The highest BCUT2D eigenvalue weighted by Gasteiger charge is 2.34. The van der Waals surface area contributed by atoms with Gasteiger partial charge in [-0.2, -0.15) is 0 Å². The molecule has 0 saturated heterocycles. The van der Waals surface area contributed by atoms with E-state index in [2.05, 4.69) is 0 Å². The van der Waals surface area contributed by atoms with E-state index in [1.165, 1.54) is 0 Å². The van der Waals surface area contributed by atoms with E-state index >= 15 is 0 Å². The van der Waals surface area contributed by atoms with Crippen LogP contribution >= 0.6 is 0 Å². The van der Waals surface area contributed by atoms with Crippen molar-refractivity contribution >= 4 is 5.97 Å². The van der Waals surface area contributed by atoms with Crippen molar-refractivity contribution in [3.05, 3.63) is 5.92 Å². The summed E-state index contributed by atoms with van der Waals surface area (Å²) in [7, 11) is 0. The van der Waals surface area contributed by atoms with E-state index in [9.17, 15) is 4.79 Å². The first kappa shape index (κ1) is 7.58. The Kier molecular flexibility index (Phi) is 1.71. The van der Waals surface area contributed by atoms with E-state index in [0.717, 1.165) is 18.8 Å². The van der Waals surface area contributed by atoms with Gasteiger partial charge >= 0.3 is 5.97 Å². The summed E-state index contributed by atoms with van der Waals surface area (Å²) in [6.07, 6.45) is 1.88. The lowest BCUT2D eigenvalue weighted by Gasteiger charge is -2.18. The first-order valence-corrected chi connectivity index (χ1v) is 3.57. The first-order valence-electron chi connectivity index (χ1n) is 3.57. The van der Waals surface area contributed by atoms with Gasteiger partial charge in [0.15, 0.2) is 0 Å². The molecule has 2 nitrogen and oxygen atoms in total. The van der Waals surface area contributed by atoms with Crippen molar-refractivity contribution in [2.45, 2.75) is 39.2 Å². The van der Waals surface area contributed by atoms with Gasteiger partial charge in [0.1, 0.15) is 5.60 Å². The molecule has 1 aliphatic rings. The largest absolute Gasteiger partial charge is 0.460 e. The molecule has 57 valence electrons. The number of rotatable bonds is 1. The molecular weight excluding hydrogens is 128 g/mol. The van der Waals surface area contributed by atoms with Gasteiger partial charge in [0.2, 0.25) is 0 Å². The van der Waals surface area contributed by atoms with Crippen LogP contribution in [0.25, 0.3) is 0 Å². The number of hydrogen-bond acceptors (Lipinski definition) is 2. The molecule has 0 heterocycles. The second kappa shape index (κ2) is 2.26. The van der Waals surface area contributed by atoms with E-state index in [1.807, 2.05) is 20.8 Å². The molecule has 0 aromatic heterocycles. The third-order valence-corrected chi connectivity index (χ3v) is 1.19. The summed E-state index contributed by atoms with van der Waals surface area (Å²) in [6, 6.07) is 0. The molecule has 0 amide bonds. The average molecular weight is 141 g/mol. The maximum Gasteiger partial charge on any atom is 0.313 e. The summed E-state index contributed by atoms with van der Waals surface area (Å²) in [5.74, 6) is 0.836. The molecule has 0 N–H and O–H groups in total. The molecule has 0 atom stereocenters. The van der Waals surface area contributed by atoms with Crippen LogP contribution in [0.4, 0.5) is 0 Å². The predicted molar refractivity (Wildman–Crippen MR) is 38.3 cm³/mol. The Morgan fingerprint density at radius 2 is 1.90 bits per heavy atom. The molecule has 0 aliphatic heterocycles. The molecule has 1 fully saturated rings. The Balaban J connectivity index is 2.30. The van der Waals surface area contributed by atoms with Gasteiger partial charge in [-0.05, 0) is 33.6 Å². The zero-order valence-electron chi connectivity index (χ0n) is 6.73. The van der Waals surface area contributed by atoms with Gasteiger partial charge in [0, 0.05) is 0 Å². The highest BCUT2D eigenvalue weighted by Crippen LogP contribution is 2.34. The zero-order chi connectivity index (χ0) is 7.78. The SMILES string of the molecule is CC(C)(C)OC(=O)[C]1CC1. The van der Waals surface area contributed by atoms with Crippen molar-refractivity contribution in [1.29, 1.82) is 0 Å². The van der Waals surface area contributed by atoms with Crippen LogP contribution in [-0.2, 0) is 9.53 Å². The van der Waals surface area contributed by atoms with Crippen LogP contribution in [0, 0.1) is 5.92 Å². The lowest BCUT2D eigenvalue weighted by atomic mass is 10.2. The Labute approximate surface area is 61.6 Å². The fourth-order valence-electron chi connectivity index (χ4n) is 0.617. The number of esters is 1. The smallest absolute Gasteiger partial charge is 0.313 e. The molecular formula is C8H13O2. The third-order valence-electron chi connectivity index (χ3n) is 1.19. The summed E-state index contributed by atoms with van der Waals surface area (Å²) in [5.41, 5.74) is -0.327. The second-order valence-corrected chi connectivity index (χ2v) is 3.61. The van der Waals surface area contributed by atoms with E-state index in [1.54, 1.807) is 0 Å². The minimum atomic E-state index is -0.327. The fraction of sp³-hybridized carbons (Fsp3) is 0.750. The molecule has 10 heavy (non-hydrogen) atoms. The molecule has 0 spiro atoms. The summed E-state index contributed by atoms with van der Waals surface area (Å²) in [4.78, 5) is 11.0. The van der Waals surface area contributed by atoms with Crippen LogP contribution in [0.3, 0.4) is 0 Å². The van der Waals surface area contributed by atoms with Crippen LogP contribution in [0.2, 0.25) is 0 Å². The lowest BCUT2D eigenvalue weighted by Crippen LogP contribution is -2.24. The summed E-state index contributed by atoms with van der Waals surface area (Å²) in [6.45, 7) is 5.65. The maximum absolute atomic E-state index is 11.0. The van der Waals surface area contributed by atoms with Crippen LogP contribution < -0.4 is 0 Å². The normalized spacial score (nSPS) is 18.7. The minimum Gasteiger partial charge on any atom is -0.460 e. The third kappa shape index (κ3) is 2.38. The highest BCUT2D eigenvalue weighted by molar-refractivity contribution is 5.88. The topological polar surface area (TPSA) is 26.3 Å². The number of carbonyl (C=O) groups is 1. The number of carbonyl (C=O) groups excluding carboxylic acids is 1. The molecule has 0 bridgehead atoms. The van der Waals surface area contributed by atoms with Gasteiger partial charge in [-0.1, -0.05) is 0 Å². The van der Waals surface area contributed by atoms with E-state index in [-0.39, 0.29) is 11.6 Å². The zero-order valence-corrected chi connectivity index (χ0v) is 6.73. The lowest BCUT2D eigenvalue weighted by molar-refractivity contribution is -0.151. The van der Waals surface area contributed by atoms with Crippen molar-refractivity contribution in [3.8, 4) is 0 Å². The van der Waals surface area contributed by atoms with Gasteiger partial charge in [0.05, 0.1) is 5.92 Å².